The van der Waals surface area contributed by atoms with Crippen molar-refractivity contribution in [2.45, 2.75) is 0 Å². The fraction of sp³-hybridized carbons (Fsp3) is 0.375. The fourth-order valence-corrected chi connectivity index (χ4v) is 1.60. The van der Waals surface area contributed by atoms with Gasteiger partial charge in [0.15, 0.2) is 0 Å². The highest BCUT2D eigenvalue weighted by molar-refractivity contribution is 7.12. The third-order valence-corrected chi connectivity index (χ3v) is 2.40. The Hall–Kier alpha value is -0.870. The topological polar surface area (TPSA) is 46.3 Å². The van der Waals surface area contributed by atoms with Gasteiger partial charge in [0.1, 0.15) is 0 Å². The van der Waals surface area contributed by atoms with E-state index in [9.17, 15) is 4.79 Å². The first kappa shape index (κ1) is 9.22. The quantitative estimate of drug-likeness (QED) is 0.754. The van der Waals surface area contributed by atoms with Crippen LogP contribution in [0.15, 0.2) is 17.5 Å². The van der Waals surface area contributed by atoms with Crippen LogP contribution in [0.3, 0.4) is 0 Å². The molecule has 0 unspecified atom stereocenters. The summed E-state index contributed by atoms with van der Waals surface area (Å²) >= 11 is 1.45. The molecule has 4 heteroatoms. The molecule has 0 aliphatic rings. The predicted molar refractivity (Wildman–Crippen MR) is 50.3 cm³/mol. The third kappa shape index (κ3) is 2.06. The van der Waals surface area contributed by atoms with E-state index in [4.69, 9.17) is 5.73 Å². The van der Waals surface area contributed by atoms with Gasteiger partial charge >= 0.3 is 0 Å². The van der Waals surface area contributed by atoms with E-state index in [1.807, 2.05) is 17.5 Å². The van der Waals surface area contributed by atoms with Crippen LogP contribution in [0, 0.1) is 0 Å². The average Bonchev–Trinajstić information content (AvgIpc) is 2.55. The van der Waals surface area contributed by atoms with Crippen LogP contribution in [0.4, 0.5) is 0 Å². The molecule has 0 aliphatic carbocycles. The van der Waals surface area contributed by atoms with Crippen molar-refractivity contribution >= 4 is 17.2 Å². The Bertz CT molecular complexity index is 246. The maximum absolute atomic E-state index is 11.5. The van der Waals surface area contributed by atoms with E-state index in [2.05, 4.69) is 0 Å². The van der Waals surface area contributed by atoms with Crippen LogP contribution < -0.4 is 5.73 Å². The summed E-state index contributed by atoms with van der Waals surface area (Å²) in [6.45, 7) is 1.12. The number of rotatable bonds is 3. The molecule has 3 nitrogen and oxygen atoms in total. The Balaban J connectivity index is 2.59. The number of hydrogen-bond donors (Lipinski definition) is 1. The molecule has 0 fully saturated rings. The number of carbonyl (C=O) groups is 1. The molecule has 0 saturated carbocycles. The van der Waals surface area contributed by atoms with Gasteiger partial charge in [-0.3, -0.25) is 4.79 Å². The van der Waals surface area contributed by atoms with Crippen LogP contribution in [0.2, 0.25) is 0 Å². The van der Waals surface area contributed by atoms with Crippen LogP contribution in [-0.4, -0.2) is 30.9 Å². The minimum absolute atomic E-state index is 0.0513. The maximum Gasteiger partial charge on any atom is 0.263 e. The molecular formula is C8H12N2OS. The van der Waals surface area contributed by atoms with Crippen molar-refractivity contribution in [3.05, 3.63) is 22.4 Å². The molecule has 0 radical (unpaired) electrons. The average molecular weight is 184 g/mol. The SMILES string of the molecule is CN(CCN)C(=O)c1cccs1. The van der Waals surface area contributed by atoms with Gasteiger partial charge in [0.2, 0.25) is 0 Å². The van der Waals surface area contributed by atoms with E-state index >= 15 is 0 Å². The standard InChI is InChI=1S/C8H12N2OS/c1-10(5-4-9)8(11)7-3-2-6-12-7/h2-3,6H,4-5,9H2,1H3. The molecule has 1 heterocycles. The largest absolute Gasteiger partial charge is 0.340 e. The zero-order valence-electron chi connectivity index (χ0n) is 6.99. The number of thiophene rings is 1. The van der Waals surface area contributed by atoms with Gasteiger partial charge in [0.25, 0.3) is 5.91 Å². The molecule has 0 spiro atoms. The van der Waals surface area contributed by atoms with E-state index < -0.39 is 0 Å². The molecule has 0 aromatic carbocycles. The lowest BCUT2D eigenvalue weighted by molar-refractivity contribution is 0.0804. The van der Waals surface area contributed by atoms with E-state index in [-0.39, 0.29) is 5.91 Å². The molecule has 2 N–H and O–H groups in total. The highest BCUT2D eigenvalue weighted by atomic mass is 32.1. The van der Waals surface area contributed by atoms with Crippen molar-refractivity contribution in [2.24, 2.45) is 5.73 Å². The summed E-state index contributed by atoms with van der Waals surface area (Å²) in [4.78, 5) is 13.9. The minimum atomic E-state index is 0.0513. The maximum atomic E-state index is 11.5. The summed E-state index contributed by atoms with van der Waals surface area (Å²) in [7, 11) is 1.76. The number of hydrogen-bond acceptors (Lipinski definition) is 3. The van der Waals surface area contributed by atoms with E-state index in [0.29, 0.717) is 13.1 Å². The molecule has 1 aromatic heterocycles. The van der Waals surface area contributed by atoms with Crippen LogP contribution in [0.25, 0.3) is 0 Å². The summed E-state index contributed by atoms with van der Waals surface area (Å²) < 4.78 is 0. The molecule has 66 valence electrons. The smallest absolute Gasteiger partial charge is 0.263 e. The summed E-state index contributed by atoms with van der Waals surface area (Å²) in [5.41, 5.74) is 5.33. The molecule has 0 atom stereocenters. The van der Waals surface area contributed by atoms with Crippen LogP contribution in [0.1, 0.15) is 9.67 Å². The van der Waals surface area contributed by atoms with Gasteiger partial charge in [0.05, 0.1) is 4.88 Å². The summed E-state index contributed by atoms with van der Waals surface area (Å²) in [5.74, 6) is 0.0513. The highest BCUT2D eigenvalue weighted by Gasteiger charge is 2.10. The third-order valence-electron chi connectivity index (χ3n) is 1.54. The number of nitrogens with two attached hydrogens (primary N) is 1. The van der Waals surface area contributed by atoms with Crippen LogP contribution in [-0.2, 0) is 0 Å². The van der Waals surface area contributed by atoms with Crippen molar-refractivity contribution in [1.82, 2.24) is 4.90 Å². The Labute approximate surface area is 75.8 Å². The normalized spacial score (nSPS) is 9.83. The van der Waals surface area contributed by atoms with E-state index in [1.165, 1.54) is 11.3 Å². The van der Waals surface area contributed by atoms with Gasteiger partial charge in [-0.1, -0.05) is 6.07 Å². The Morgan fingerprint density at radius 2 is 2.50 bits per heavy atom. The van der Waals surface area contributed by atoms with Gasteiger partial charge < -0.3 is 10.6 Å². The lowest BCUT2D eigenvalue weighted by Gasteiger charge is -2.14. The van der Waals surface area contributed by atoms with Gasteiger partial charge in [-0.15, -0.1) is 11.3 Å². The lowest BCUT2D eigenvalue weighted by Crippen LogP contribution is -2.31. The van der Waals surface area contributed by atoms with Crippen LogP contribution in [0.5, 0.6) is 0 Å². The predicted octanol–water partition coefficient (Wildman–Crippen LogP) is 0.779. The monoisotopic (exact) mass is 184 g/mol. The van der Waals surface area contributed by atoms with Crippen molar-refractivity contribution in [3.8, 4) is 0 Å². The number of amides is 1. The second-order valence-corrected chi connectivity index (χ2v) is 3.44. The van der Waals surface area contributed by atoms with Crippen molar-refractivity contribution < 1.29 is 4.79 Å². The van der Waals surface area contributed by atoms with Gasteiger partial charge in [0, 0.05) is 20.1 Å². The number of carbonyl (C=O) groups excluding carboxylic acids is 1. The summed E-state index contributed by atoms with van der Waals surface area (Å²) in [6.07, 6.45) is 0. The Kier molecular flexibility index (Phi) is 3.25. The van der Waals surface area contributed by atoms with Crippen molar-refractivity contribution in [1.29, 1.82) is 0 Å². The number of nitrogens with zero attached hydrogens (tertiary/aromatic N) is 1. The first-order valence-corrected chi connectivity index (χ1v) is 4.62. The molecule has 1 rings (SSSR count). The summed E-state index contributed by atoms with van der Waals surface area (Å²) in [5, 5.41) is 1.89. The fourth-order valence-electron chi connectivity index (χ4n) is 0.884. The molecular weight excluding hydrogens is 172 g/mol. The highest BCUT2D eigenvalue weighted by Crippen LogP contribution is 2.10. The van der Waals surface area contributed by atoms with E-state index in [0.717, 1.165) is 4.88 Å². The first-order valence-electron chi connectivity index (χ1n) is 3.74. The molecule has 0 aliphatic heterocycles. The molecule has 0 bridgehead atoms. The van der Waals surface area contributed by atoms with Crippen molar-refractivity contribution in [2.75, 3.05) is 20.1 Å². The summed E-state index contributed by atoms with van der Waals surface area (Å²) in [6, 6.07) is 3.69. The van der Waals surface area contributed by atoms with E-state index in [1.54, 1.807) is 11.9 Å². The zero-order chi connectivity index (χ0) is 8.97. The molecule has 1 amide bonds. The van der Waals surface area contributed by atoms with Gasteiger partial charge in [-0.2, -0.15) is 0 Å². The minimum Gasteiger partial charge on any atom is -0.340 e. The Morgan fingerprint density at radius 3 is 3.00 bits per heavy atom. The van der Waals surface area contributed by atoms with Crippen molar-refractivity contribution in [3.63, 3.8) is 0 Å². The van der Waals surface area contributed by atoms with Gasteiger partial charge in [-0.25, -0.2) is 0 Å². The molecule has 12 heavy (non-hydrogen) atoms. The second-order valence-electron chi connectivity index (χ2n) is 2.49. The number of likely N-dealkylation sites (N-methyl/N-ethyl adjacent to an activating group) is 1. The Morgan fingerprint density at radius 1 is 1.75 bits per heavy atom. The second kappa shape index (κ2) is 4.23. The van der Waals surface area contributed by atoms with Crippen LogP contribution >= 0.6 is 11.3 Å². The molecule has 0 saturated heterocycles. The molecule has 1 aromatic rings. The zero-order valence-corrected chi connectivity index (χ0v) is 7.80. The lowest BCUT2D eigenvalue weighted by atomic mass is 10.4. The first-order chi connectivity index (χ1) is 5.75. The van der Waals surface area contributed by atoms with Gasteiger partial charge in [-0.05, 0) is 11.4 Å².